The number of rotatable bonds is 4. The van der Waals surface area contributed by atoms with Crippen LogP contribution in [0.5, 0.6) is 23.0 Å². The predicted molar refractivity (Wildman–Crippen MR) is 89.2 cm³/mol. The summed E-state index contributed by atoms with van der Waals surface area (Å²) >= 11 is 0. The minimum absolute atomic E-state index is 0.0107. The summed E-state index contributed by atoms with van der Waals surface area (Å²) in [5.74, 6) is 0.888. The average molecular weight is 328 g/mol. The summed E-state index contributed by atoms with van der Waals surface area (Å²) in [7, 11) is 4.50. The summed E-state index contributed by atoms with van der Waals surface area (Å²) < 4.78 is 21.5. The lowest BCUT2D eigenvalue weighted by atomic mass is 10.1. The van der Waals surface area contributed by atoms with Crippen LogP contribution in [0.25, 0.3) is 22.3 Å². The molecule has 6 heteroatoms. The van der Waals surface area contributed by atoms with Gasteiger partial charge in [0.05, 0.1) is 32.3 Å². The summed E-state index contributed by atoms with van der Waals surface area (Å²) in [6.07, 6.45) is 0. The zero-order chi connectivity index (χ0) is 17.3. The molecule has 0 aliphatic heterocycles. The standard InChI is InChI=1S/C18H16O6/c1-21-10-7-8-11-14(9-10)24-18(16(20)15(11)19)12-5-4-6-13(22-2)17(12)23-3/h4-9,20H,1-3H3. The van der Waals surface area contributed by atoms with Crippen LogP contribution in [0.15, 0.2) is 45.6 Å². The van der Waals surface area contributed by atoms with E-state index in [0.29, 0.717) is 28.4 Å². The maximum Gasteiger partial charge on any atom is 0.235 e. The van der Waals surface area contributed by atoms with Gasteiger partial charge in [0.25, 0.3) is 0 Å². The molecule has 0 bridgehead atoms. The summed E-state index contributed by atoms with van der Waals surface area (Å²) in [5, 5.41) is 10.6. The fraction of sp³-hybridized carbons (Fsp3) is 0.167. The van der Waals surface area contributed by atoms with E-state index in [1.54, 1.807) is 36.4 Å². The molecule has 6 nitrogen and oxygen atoms in total. The second kappa shape index (κ2) is 6.16. The number of methoxy groups -OCH3 is 3. The number of aromatic hydroxyl groups is 1. The smallest absolute Gasteiger partial charge is 0.235 e. The van der Waals surface area contributed by atoms with Crippen molar-refractivity contribution in [3.63, 3.8) is 0 Å². The van der Waals surface area contributed by atoms with Crippen molar-refractivity contribution in [1.29, 1.82) is 0 Å². The van der Waals surface area contributed by atoms with Crippen molar-refractivity contribution in [2.24, 2.45) is 0 Å². The van der Waals surface area contributed by atoms with Gasteiger partial charge >= 0.3 is 0 Å². The fourth-order valence-corrected chi connectivity index (χ4v) is 2.54. The number of hydrogen-bond donors (Lipinski definition) is 1. The van der Waals surface area contributed by atoms with Gasteiger partial charge in [-0.15, -0.1) is 0 Å². The Kier molecular flexibility index (Phi) is 4.04. The third-order valence-electron chi connectivity index (χ3n) is 3.72. The molecule has 24 heavy (non-hydrogen) atoms. The van der Waals surface area contributed by atoms with Crippen molar-refractivity contribution in [2.75, 3.05) is 21.3 Å². The van der Waals surface area contributed by atoms with E-state index >= 15 is 0 Å². The van der Waals surface area contributed by atoms with Crippen LogP contribution < -0.4 is 19.6 Å². The number of para-hydroxylation sites is 1. The minimum Gasteiger partial charge on any atom is -0.502 e. The third kappa shape index (κ3) is 2.42. The molecule has 0 spiro atoms. The van der Waals surface area contributed by atoms with E-state index in [0.717, 1.165) is 0 Å². The summed E-state index contributed by atoms with van der Waals surface area (Å²) in [5.41, 5.74) is 0.187. The Morgan fingerprint density at radius 3 is 2.46 bits per heavy atom. The van der Waals surface area contributed by atoms with Crippen LogP contribution in [0.2, 0.25) is 0 Å². The first kappa shape index (κ1) is 15.7. The molecule has 0 unspecified atom stereocenters. The normalized spacial score (nSPS) is 10.6. The highest BCUT2D eigenvalue weighted by atomic mass is 16.5. The number of benzene rings is 2. The zero-order valence-electron chi connectivity index (χ0n) is 13.5. The van der Waals surface area contributed by atoms with Crippen LogP contribution in [-0.4, -0.2) is 26.4 Å². The van der Waals surface area contributed by atoms with Crippen molar-refractivity contribution < 1.29 is 23.7 Å². The molecule has 1 heterocycles. The molecule has 0 saturated carbocycles. The minimum atomic E-state index is -0.529. The van der Waals surface area contributed by atoms with Gasteiger partial charge < -0.3 is 23.7 Å². The second-order valence-electron chi connectivity index (χ2n) is 5.01. The first-order chi connectivity index (χ1) is 11.6. The topological polar surface area (TPSA) is 78.1 Å². The van der Waals surface area contributed by atoms with E-state index in [4.69, 9.17) is 18.6 Å². The first-order valence-corrected chi connectivity index (χ1v) is 7.16. The molecule has 0 atom stereocenters. The van der Waals surface area contributed by atoms with Crippen molar-refractivity contribution in [3.8, 4) is 34.3 Å². The molecule has 3 rings (SSSR count). The third-order valence-corrected chi connectivity index (χ3v) is 3.72. The highest BCUT2D eigenvalue weighted by Crippen LogP contribution is 2.41. The van der Waals surface area contributed by atoms with Crippen molar-refractivity contribution in [3.05, 3.63) is 46.6 Å². The molecule has 0 amide bonds. The summed E-state index contributed by atoms with van der Waals surface area (Å²) in [6.45, 7) is 0. The van der Waals surface area contributed by atoms with Crippen molar-refractivity contribution in [2.45, 2.75) is 0 Å². The predicted octanol–water partition coefficient (Wildman–Crippen LogP) is 3.19. The highest BCUT2D eigenvalue weighted by Gasteiger charge is 2.21. The van der Waals surface area contributed by atoms with E-state index in [-0.39, 0.29) is 11.1 Å². The molecule has 0 aliphatic rings. The lowest BCUT2D eigenvalue weighted by Gasteiger charge is -2.13. The van der Waals surface area contributed by atoms with Gasteiger partial charge in [0.15, 0.2) is 17.3 Å². The van der Waals surface area contributed by atoms with Gasteiger partial charge in [-0.1, -0.05) is 6.07 Å². The Hall–Kier alpha value is -3.15. The number of hydrogen-bond acceptors (Lipinski definition) is 6. The van der Waals surface area contributed by atoms with Gasteiger partial charge in [0, 0.05) is 6.07 Å². The van der Waals surface area contributed by atoms with E-state index in [9.17, 15) is 9.90 Å². The molecule has 124 valence electrons. The summed E-state index contributed by atoms with van der Waals surface area (Å²) in [6, 6.07) is 9.86. The van der Waals surface area contributed by atoms with Crippen LogP contribution in [-0.2, 0) is 0 Å². The fourth-order valence-electron chi connectivity index (χ4n) is 2.54. The Morgan fingerprint density at radius 2 is 1.79 bits per heavy atom. The van der Waals surface area contributed by atoms with Crippen LogP contribution >= 0.6 is 0 Å². The Balaban J connectivity index is 2.35. The van der Waals surface area contributed by atoms with Gasteiger partial charge in [-0.25, -0.2) is 0 Å². The van der Waals surface area contributed by atoms with Crippen LogP contribution in [0.4, 0.5) is 0 Å². The zero-order valence-corrected chi connectivity index (χ0v) is 13.5. The highest BCUT2D eigenvalue weighted by molar-refractivity contribution is 5.84. The largest absolute Gasteiger partial charge is 0.502 e. The van der Waals surface area contributed by atoms with Crippen molar-refractivity contribution >= 4 is 11.0 Å². The van der Waals surface area contributed by atoms with Gasteiger partial charge in [-0.2, -0.15) is 0 Å². The molecule has 3 aromatic rings. The quantitative estimate of drug-likeness (QED) is 0.792. The number of ether oxygens (including phenoxy) is 3. The van der Waals surface area contributed by atoms with Gasteiger partial charge in [0.2, 0.25) is 11.2 Å². The Morgan fingerprint density at radius 1 is 1.00 bits per heavy atom. The van der Waals surface area contributed by atoms with Crippen LogP contribution in [0, 0.1) is 0 Å². The Labute approximate surface area is 137 Å². The molecule has 0 radical (unpaired) electrons. The molecule has 1 aromatic heterocycles. The molecule has 0 fully saturated rings. The van der Waals surface area contributed by atoms with Crippen LogP contribution in [0.1, 0.15) is 0 Å². The van der Waals surface area contributed by atoms with Gasteiger partial charge in [-0.3, -0.25) is 4.79 Å². The second-order valence-corrected chi connectivity index (χ2v) is 5.01. The molecular formula is C18H16O6. The molecule has 0 saturated heterocycles. The summed E-state index contributed by atoms with van der Waals surface area (Å²) in [4.78, 5) is 12.5. The van der Waals surface area contributed by atoms with Gasteiger partial charge in [0.1, 0.15) is 11.3 Å². The average Bonchev–Trinajstić information content (AvgIpc) is 2.63. The van der Waals surface area contributed by atoms with Crippen LogP contribution in [0.3, 0.4) is 0 Å². The maximum atomic E-state index is 12.5. The molecular weight excluding hydrogens is 312 g/mol. The number of fused-ring (bicyclic) bond motifs is 1. The monoisotopic (exact) mass is 328 g/mol. The van der Waals surface area contributed by atoms with Crippen molar-refractivity contribution in [1.82, 2.24) is 0 Å². The maximum absolute atomic E-state index is 12.5. The van der Waals surface area contributed by atoms with E-state index in [1.807, 2.05) is 0 Å². The van der Waals surface area contributed by atoms with E-state index < -0.39 is 11.2 Å². The first-order valence-electron chi connectivity index (χ1n) is 7.16. The molecule has 2 aromatic carbocycles. The van der Waals surface area contributed by atoms with E-state index in [2.05, 4.69) is 0 Å². The van der Waals surface area contributed by atoms with Gasteiger partial charge in [-0.05, 0) is 24.3 Å². The van der Waals surface area contributed by atoms with E-state index in [1.165, 1.54) is 21.3 Å². The Bertz CT molecular complexity index is 958. The molecule has 0 aliphatic carbocycles. The SMILES string of the molecule is COc1ccc2c(=O)c(O)c(-c3cccc(OC)c3OC)oc2c1. The molecule has 1 N–H and O–H groups in total. The lowest BCUT2D eigenvalue weighted by Crippen LogP contribution is -2.03. The lowest BCUT2D eigenvalue weighted by molar-refractivity contribution is 0.354.